The number of rotatable bonds is 7. The van der Waals surface area contributed by atoms with Crippen molar-refractivity contribution in [3.05, 3.63) is 42.1 Å². The summed E-state index contributed by atoms with van der Waals surface area (Å²) in [5.41, 5.74) is 0.287. The first kappa shape index (κ1) is 21.5. The maximum atomic E-state index is 12.6. The number of carbonyl (C=O) groups is 1. The molecule has 0 radical (unpaired) electrons. The number of hydrogen-bond acceptors (Lipinski definition) is 6. The zero-order chi connectivity index (χ0) is 21.2. The lowest BCUT2D eigenvalue weighted by molar-refractivity contribution is 0.102. The Morgan fingerprint density at radius 1 is 1.21 bits per heavy atom. The molecule has 0 aliphatic carbocycles. The smallest absolute Gasteiger partial charge is 0.256 e. The summed E-state index contributed by atoms with van der Waals surface area (Å²) in [6, 6.07) is 7.00. The first-order valence-electron chi connectivity index (χ1n) is 9.33. The number of carbonyl (C=O) groups excluding carboxylic acids is 1. The Bertz CT molecular complexity index is 1090. The van der Waals surface area contributed by atoms with Crippen LogP contribution in [-0.4, -0.2) is 61.4 Å². The molecule has 3 rings (SSSR count). The number of hydrogen-bond donors (Lipinski definition) is 1. The molecule has 158 valence electrons. The van der Waals surface area contributed by atoms with Crippen LogP contribution in [0.2, 0.25) is 0 Å². The topological polar surface area (TPSA) is 118 Å². The Balaban J connectivity index is 1.75. The van der Waals surface area contributed by atoms with Crippen LogP contribution in [0.25, 0.3) is 0 Å². The molecule has 1 fully saturated rings. The van der Waals surface area contributed by atoms with Crippen LogP contribution in [0.1, 0.15) is 36.7 Å². The molecule has 1 aromatic heterocycles. The lowest BCUT2D eigenvalue weighted by Crippen LogP contribution is -2.30. The molecule has 0 spiro atoms. The second-order valence-corrected chi connectivity index (χ2v) is 11.0. The zero-order valence-corrected chi connectivity index (χ0v) is 17.9. The van der Waals surface area contributed by atoms with Gasteiger partial charge in [0.05, 0.1) is 28.6 Å². The molecule has 1 aliphatic heterocycles. The van der Waals surface area contributed by atoms with E-state index in [1.165, 1.54) is 39.4 Å². The van der Waals surface area contributed by atoms with E-state index in [0.29, 0.717) is 25.3 Å². The molecule has 1 saturated heterocycles. The van der Waals surface area contributed by atoms with E-state index in [1.54, 1.807) is 19.9 Å². The van der Waals surface area contributed by atoms with Crippen LogP contribution < -0.4 is 5.32 Å². The highest BCUT2D eigenvalue weighted by Crippen LogP contribution is 2.26. The van der Waals surface area contributed by atoms with Crippen molar-refractivity contribution >= 4 is 31.6 Å². The minimum atomic E-state index is -3.59. The Morgan fingerprint density at radius 3 is 2.41 bits per heavy atom. The van der Waals surface area contributed by atoms with Crippen molar-refractivity contribution in [3.63, 3.8) is 0 Å². The number of nitrogens with one attached hydrogen (secondary N) is 1. The van der Waals surface area contributed by atoms with Crippen molar-refractivity contribution in [3.8, 4) is 0 Å². The molecule has 2 aromatic rings. The van der Waals surface area contributed by atoms with E-state index in [1.807, 2.05) is 0 Å². The molecule has 29 heavy (non-hydrogen) atoms. The largest absolute Gasteiger partial charge is 0.307 e. The lowest BCUT2D eigenvalue weighted by atomic mass is 10.2. The number of aromatic nitrogens is 2. The molecular formula is C18H24N4O5S2. The van der Waals surface area contributed by atoms with Gasteiger partial charge in [-0.1, -0.05) is 13.8 Å². The molecule has 0 bridgehead atoms. The standard InChI is InChI=1S/C18H24N4O5S2/c1-3-21(4-2)29(26,27)16-7-5-14(6-8-16)18(23)20-17-9-11-19-22(17)15-10-12-28(24,25)13-15/h5-9,11,15H,3-4,10,12-13H2,1-2H3,(H,20,23). The molecule has 2 heterocycles. The van der Waals surface area contributed by atoms with Crippen LogP contribution in [0, 0.1) is 0 Å². The average molecular weight is 441 g/mol. The molecule has 9 nitrogen and oxygen atoms in total. The third kappa shape index (κ3) is 4.51. The fourth-order valence-electron chi connectivity index (χ4n) is 3.35. The monoisotopic (exact) mass is 440 g/mol. The van der Waals surface area contributed by atoms with E-state index in [2.05, 4.69) is 10.4 Å². The zero-order valence-electron chi connectivity index (χ0n) is 16.3. The predicted molar refractivity (Wildman–Crippen MR) is 109 cm³/mol. The van der Waals surface area contributed by atoms with Gasteiger partial charge in [0.2, 0.25) is 10.0 Å². The van der Waals surface area contributed by atoms with Gasteiger partial charge in [-0.25, -0.2) is 21.5 Å². The van der Waals surface area contributed by atoms with Crippen molar-refractivity contribution in [2.24, 2.45) is 0 Å². The Kier molecular flexibility index (Phi) is 6.11. The SMILES string of the molecule is CCN(CC)S(=O)(=O)c1ccc(C(=O)Nc2ccnn2C2CCS(=O)(=O)C2)cc1. The molecule has 1 aliphatic rings. The number of amides is 1. The van der Waals surface area contributed by atoms with Gasteiger partial charge in [-0.05, 0) is 30.7 Å². The quantitative estimate of drug-likeness (QED) is 0.697. The van der Waals surface area contributed by atoms with Crippen LogP contribution in [0.15, 0.2) is 41.4 Å². The number of sulfone groups is 1. The first-order valence-corrected chi connectivity index (χ1v) is 12.6. The molecule has 1 aromatic carbocycles. The minimum absolute atomic E-state index is 0.00450. The number of nitrogens with zero attached hydrogens (tertiary/aromatic N) is 3. The maximum absolute atomic E-state index is 12.6. The lowest BCUT2D eigenvalue weighted by Gasteiger charge is -2.18. The van der Waals surface area contributed by atoms with E-state index in [0.717, 1.165) is 0 Å². The Morgan fingerprint density at radius 2 is 1.86 bits per heavy atom. The molecular weight excluding hydrogens is 416 g/mol. The predicted octanol–water partition coefficient (Wildman–Crippen LogP) is 1.53. The molecule has 1 amide bonds. The van der Waals surface area contributed by atoms with Crippen molar-refractivity contribution < 1.29 is 21.6 Å². The summed E-state index contributed by atoms with van der Waals surface area (Å²) in [6.45, 7) is 4.26. The summed E-state index contributed by atoms with van der Waals surface area (Å²) in [5.74, 6) is 0.0689. The van der Waals surface area contributed by atoms with Crippen molar-refractivity contribution in [1.29, 1.82) is 0 Å². The van der Waals surface area contributed by atoms with E-state index in [-0.39, 0.29) is 28.0 Å². The molecule has 1 unspecified atom stereocenters. The van der Waals surface area contributed by atoms with Gasteiger partial charge in [0.15, 0.2) is 9.84 Å². The van der Waals surface area contributed by atoms with Crippen molar-refractivity contribution in [1.82, 2.24) is 14.1 Å². The highest BCUT2D eigenvalue weighted by Gasteiger charge is 2.31. The van der Waals surface area contributed by atoms with Crippen LogP contribution in [-0.2, 0) is 19.9 Å². The van der Waals surface area contributed by atoms with Gasteiger partial charge in [0.25, 0.3) is 5.91 Å². The summed E-state index contributed by atoms with van der Waals surface area (Å²) in [5, 5.41) is 6.87. The van der Waals surface area contributed by atoms with Crippen LogP contribution in [0.5, 0.6) is 0 Å². The second-order valence-electron chi connectivity index (χ2n) is 6.79. The highest BCUT2D eigenvalue weighted by atomic mass is 32.2. The van der Waals surface area contributed by atoms with Gasteiger partial charge >= 0.3 is 0 Å². The number of sulfonamides is 1. The van der Waals surface area contributed by atoms with E-state index < -0.39 is 25.8 Å². The van der Waals surface area contributed by atoms with Crippen molar-refractivity contribution in [2.75, 3.05) is 29.9 Å². The fraction of sp³-hybridized carbons (Fsp3) is 0.444. The van der Waals surface area contributed by atoms with Gasteiger partial charge in [-0.2, -0.15) is 9.40 Å². The highest BCUT2D eigenvalue weighted by molar-refractivity contribution is 7.91. The summed E-state index contributed by atoms with van der Waals surface area (Å²) < 4.78 is 51.4. The molecule has 0 saturated carbocycles. The van der Waals surface area contributed by atoms with E-state index >= 15 is 0 Å². The minimum Gasteiger partial charge on any atom is -0.307 e. The molecule has 1 atom stereocenters. The number of anilines is 1. The van der Waals surface area contributed by atoms with Gasteiger partial charge in [0.1, 0.15) is 5.82 Å². The van der Waals surface area contributed by atoms with Crippen LogP contribution in [0.4, 0.5) is 5.82 Å². The second kappa shape index (κ2) is 8.25. The van der Waals surface area contributed by atoms with Gasteiger partial charge in [0, 0.05) is 24.7 Å². The van der Waals surface area contributed by atoms with E-state index in [9.17, 15) is 21.6 Å². The Hall–Kier alpha value is -2.24. The summed E-state index contributed by atoms with van der Waals surface area (Å²) in [4.78, 5) is 12.7. The molecule has 11 heteroatoms. The third-order valence-corrected chi connectivity index (χ3v) is 8.74. The summed E-state index contributed by atoms with van der Waals surface area (Å²) >= 11 is 0. The first-order chi connectivity index (χ1) is 13.7. The summed E-state index contributed by atoms with van der Waals surface area (Å²) in [7, 11) is -6.68. The summed E-state index contributed by atoms with van der Waals surface area (Å²) in [6.07, 6.45) is 1.95. The van der Waals surface area contributed by atoms with Crippen LogP contribution >= 0.6 is 0 Å². The fourth-order valence-corrected chi connectivity index (χ4v) is 6.50. The number of benzene rings is 1. The van der Waals surface area contributed by atoms with Crippen LogP contribution in [0.3, 0.4) is 0 Å². The van der Waals surface area contributed by atoms with Gasteiger partial charge < -0.3 is 5.32 Å². The maximum Gasteiger partial charge on any atom is 0.256 e. The average Bonchev–Trinajstić information content (AvgIpc) is 3.28. The molecule has 1 N–H and O–H groups in total. The van der Waals surface area contributed by atoms with Gasteiger partial charge in [-0.15, -0.1) is 0 Å². The van der Waals surface area contributed by atoms with Crippen molar-refractivity contribution in [2.45, 2.75) is 31.2 Å². The normalized spacial score (nSPS) is 18.8. The van der Waals surface area contributed by atoms with E-state index in [4.69, 9.17) is 0 Å². The van der Waals surface area contributed by atoms with Gasteiger partial charge in [-0.3, -0.25) is 4.79 Å². The third-order valence-electron chi connectivity index (χ3n) is 4.93. The Labute approximate surface area is 170 Å².